The zero-order valence-electron chi connectivity index (χ0n) is 9.00. The van der Waals surface area contributed by atoms with E-state index >= 15 is 0 Å². The maximum Gasteiger partial charge on any atom is 0 e. The molecule has 0 nitrogen and oxygen atoms in total. The van der Waals surface area contributed by atoms with Gasteiger partial charge in [0.1, 0.15) is 0 Å². The Kier molecular flexibility index (Phi) is 36.3. The average Bonchev–Trinajstić information content (AvgIpc) is 3.01. The van der Waals surface area contributed by atoms with Gasteiger partial charge in [-0.1, -0.05) is 0 Å². The van der Waals surface area contributed by atoms with Crippen molar-refractivity contribution in [1.29, 1.82) is 0 Å². The van der Waals surface area contributed by atoms with E-state index in [1.54, 1.807) is 0 Å². The van der Waals surface area contributed by atoms with E-state index in [1.165, 1.54) is 0 Å². The second-order valence-corrected chi connectivity index (χ2v) is 1.92. The molecule has 0 aliphatic heterocycles. The summed E-state index contributed by atoms with van der Waals surface area (Å²) in [5.41, 5.74) is 0. The molecule has 12 radical (unpaired) electrons. The van der Waals surface area contributed by atoms with E-state index in [0.717, 1.165) is 0 Å². The summed E-state index contributed by atoms with van der Waals surface area (Å²) in [6, 6.07) is 0. The molecule has 3 heteroatoms. The summed E-state index contributed by atoms with van der Waals surface area (Å²) in [5.74, 6) is 3.75. The number of rotatable bonds is 0. The van der Waals surface area contributed by atoms with Crippen LogP contribution in [0.3, 0.4) is 0 Å². The molecule has 15 heavy (non-hydrogen) atoms. The van der Waals surface area contributed by atoms with Crippen LogP contribution in [-0.2, 0) is 21.1 Å². The molecule has 2 aliphatic carbocycles. The Morgan fingerprint density at radius 3 is 0.533 bits per heavy atom. The number of hydrogen-bond acceptors (Lipinski definition) is 0. The molecular formula is C12H16MoSe2. The van der Waals surface area contributed by atoms with Gasteiger partial charge in [-0.15, -0.1) is 0 Å². The van der Waals surface area contributed by atoms with Gasteiger partial charge >= 0.3 is 43.7 Å². The van der Waals surface area contributed by atoms with Crippen molar-refractivity contribution in [1.82, 2.24) is 0 Å². The fraction of sp³-hybridized carbons (Fsp3) is 0.167. The fourth-order valence-electron chi connectivity index (χ4n) is 0.642. The molecule has 0 aromatic rings. The summed E-state index contributed by atoms with van der Waals surface area (Å²) in [6.07, 6.45) is 20.0. The molecule has 0 bridgehead atoms. The van der Waals surface area contributed by atoms with E-state index in [9.17, 15) is 0 Å². The predicted octanol–water partition coefficient (Wildman–Crippen LogP) is 2.45. The molecule has 0 amide bonds. The minimum atomic E-state index is 0. The molecule has 2 rings (SSSR count). The van der Waals surface area contributed by atoms with Gasteiger partial charge in [-0.3, -0.25) is 0 Å². The molecule has 0 unspecified atom stereocenters. The molecule has 0 heterocycles. The van der Waals surface area contributed by atoms with Gasteiger partial charge in [0.25, 0.3) is 0 Å². The monoisotopic (exact) mass is 418 g/mol. The predicted molar refractivity (Wildman–Crippen MR) is 66.2 cm³/mol. The molecular weight excluding hydrogens is 398 g/mol. The third-order valence-electron chi connectivity index (χ3n) is 1.11. The third kappa shape index (κ3) is 21.5. The van der Waals surface area contributed by atoms with Crippen molar-refractivity contribution < 1.29 is 21.1 Å². The SMILES string of the molecule is C[Se].C[Se].[CH]1[CH][CH][CH][CH]1.[CH]1[CH][CH][CH][CH]1.[Mo]. The molecule has 0 aromatic heterocycles. The Morgan fingerprint density at radius 2 is 0.467 bits per heavy atom. The minimum Gasteiger partial charge on any atom is -0.0312 e. The van der Waals surface area contributed by atoms with E-state index in [2.05, 4.69) is 32.0 Å². The summed E-state index contributed by atoms with van der Waals surface area (Å²) < 4.78 is 0. The first-order valence-corrected chi connectivity index (χ1v) is 7.58. The van der Waals surface area contributed by atoms with Crippen molar-refractivity contribution in [3.8, 4) is 0 Å². The largest absolute Gasteiger partial charge is 0.0312 e. The summed E-state index contributed by atoms with van der Waals surface area (Å²) in [6.45, 7) is 0. The van der Waals surface area contributed by atoms with Crippen molar-refractivity contribution in [3.05, 3.63) is 64.2 Å². The van der Waals surface area contributed by atoms with Crippen LogP contribution in [0.15, 0.2) is 0 Å². The van der Waals surface area contributed by atoms with Crippen molar-refractivity contribution in [2.45, 2.75) is 11.6 Å². The standard InChI is InChI=1S/2C5H5.2CH3Se.Mo/c2*1-2-4-5-3-1;2*1-2;/h2*1-5H;2*1H3;. The van der Waals surface area contributed by atoms with E-state index in [4.69, 9.17) is 0 Å². The molecule has 2 fully saturated rings. The van der Waals surface area contributed by atoms with Crippen LogP contribution in [-0.4, -0.2) is 32.0 Å². The van der Waals surface area contributed by atoms with Crippen LogP contribution in [0.5, 0.6) is 0 Å². The van der Waals surface area contributed by atoms with Crippen LogP contribution in [0.2, 0.25) is 11.6 Å². The minimum absolute atomic E-state index is 0. The van der Waals surface area contributed by atoms with Crippen molar-refractivity contribution in [3.63, 3.8) is 0 Å². The van der Waals surface area contributed by atoms with Gasteiger partial charge in [0.2, 0.25) is 0 Å². The smallest absolute Gasteiger partial charge is 0 e. The summed E-state index contributed by atoms with van der Waals surface area (Å²) in [5, 5.41) is 0. The first-order valence-electron chi connectivity index (χ1n) is 4.15. The molecule has 2 aliphatic rings. The Balaban J connectivity index is -0.000000138. The van der Waals surface area contributed by atoms with Gasteiger partial charge in [-0.25, -0.2) is 0 Å². The Hall–Kier alpha value is 1.73. The van der Waals surface area contributed by atoms with Gasteiger partial charge < -0.3 is 0 Å². The summed E-state index contributed by atoms with van der Waals surface area (Å²) >= 11 is 5.25. The van der Waals surface area contributed by atoms with Crippen LogP contribution in [0, 0.1) is 64.2 Å². The van der Waals surface area contributed by atoms with E-state index in [0.29, 0.717) is 0 Å². The first kappa shape index (κ1) is 22.0. The molecule has 0 aromatic carbocycles. The van der Waals surface area contributed by atoms with Crippen LogP contribution in [0.4, 0.5) is 0 Å². The average molecular weight is 414 g/mol. The van der Waals surface area contributed by atoms with Crippen molar-refractivity contribution >= 4 is 32.0 Å². The first-order chi connectivity index (χ1) is 7.00. The Bertz CT molecular complexity index is 46.8. The summed E-state index contributed by atoms with van der Waals surface area (Å²) in [4.78, 5) is 0. The topological polar surface area (TPSA) is 0 Å². The van der Waals surface area contributed by atoms with Gasteiger partial charge in [-0.2, -0.15) is 0 Å². The van der Waals surface area contributed by atoms with Crippen molar-refractivity contribution in [2.75, 3.05) is 0 Å². The van der Waals surface area contributed by atoms with Gasteiger partial charge in [0.05, 0.1) is 0 Å². The zero-order chi connectivity index (χ0) is 11.1. The quantitative estimate of drug-likeness (QED) is 0.535. The maximum atomic E-state index is 2.62. The maximum absolute atomic E-state index is 2.62. The van der Waals surface area contributed by atoms with E-state index < -0.39 is 0 Å². The molecule has 0 atom stereocenters. The second-order valence-electron chi connectivity index (χ2n) is 1.92. The Morgan fingerprint density at radius 1 is 0.400 bits per heavy atom. The summed E-state index contributed by atoms with van der Waals surface area (Å²) in [7, 11) is 0. The van der Waals surface area contributed by atoms with Crippen LogP contribution in [0.1, 0.15) is 0 Å². The van der Waals surface area contributed by atoms with E-state index in [-0.39, 0.29) is 21.1 Å². The fourth-order valence-corrected chi connectivity index (χ4v) is 0.642. The van der Waals surface area contributed by atoms with E-state index in [1.807, 2.05) is 75.9 Å². The van der Waals surface area contributed by atoms with Crippen LogP contribution in [0.25, 0.3) is 0 Å². The third-order valence-corrected chi connectivity index (χ3v) is 1.11. The zero-order valence-corrected chi connectivity index (χ0v) is 14.4. The molecule has 0 saturated heterocycles. The number of hydrogen-bond donors (Lipinski definition) is 0. The van der Waals surface area contributed by atoms with Gasteiger partial charge in [-0.05, 0) is 64.2 Å². The van der Waals surface area contributed by atoms with Crippen LogP contribution < -0.4 is 0 Å². The normalized spacial score (nSPS) is 16.8. The molecule has 82 valence electrons. The second kappa shape index (κ2) is 24.8. The van der Waals surface area contributed by atoms with Gasteiger partial charge in [0.15, 0.2) is 0 Å². The molecule has 0 N–H and O–H groups in total. The molecule has 2 saturated carbocycles. The van der Waals surface area contributed by atoms with Crippen LogP contribution >= 0.6 is 0 Å². The Labute approximate surface area is 128 Å². The van der Waals surface area contributed by atoms with Crippen molar-refractivity contribution in [2.24, 2.45) is 0 Å². The van der Waals surface area contributed by atoms with Gasteiger partial charge in [0, 0.05) is 21.1 Å². The molecule has 0 spiro atoms.